The molecule has 1 aromatic rings. The van der Waals surface area contributed by atoms with Crippen LogP contribution in [0.4, 0.5) is 0 Å². The molecule has 0 amide bonds. The first kappa shape index (κ1) is 12.6. The van der Waals surface area contributed by atoms with Gasteiger partial charge in [-0.05, 0) is 22.4 Å². The summed E-state index contributed by atoms with van der Waals surface area (Å²) in [6.07, 6.45) is 2.12. The van der Waals surface area contributed by atoms with Crippen LogP contribution in [0.15, 0.2) is 9.27 Å². The lowest BCUT2D eigenvalue weighted by molar-refractivity contribution is 0.513. The van der Waals surface area contributed by atoms with E-state index >= 15 is 0 Å². The molecule has 0 spiro atoms. The van der Waals surface area contributed by atoms with E-state index in [1.807, 2.05) is 0 Å². The zero-order valence-electron chi connectivity index (χ0n) is 9.85. The smallest absolute Gasteiger partial charge is 0.281 e. The number of aryl methyl sites for hydroxylation is 1. The lowest BCUT2D eigenvalue weighted by atomic mass is 9.93. The third-order valence-electron chi connectivity index (χ3n) is 2.38. The van der Waals surface area contributed by atoms with Crippen molar-refractivity contribution in [3.05, 3.63) is 20.5 Å². The number of nitrogens with one attached hydrogen (secondary N) is 1. The summed E-state index contributed by atoms with van der Waals surface area (Å²) < 4.78 is 2.36. The summed E-state index contributed by atoms with van der Waals surface area (Å²) >= 11 is 3.36. The maximum atomic E-state index is 11.8. The highest BCUT2D eigenvalue weighted by molar-refractivity contribution is 9.10. The van der Waals surface area contributed by atoms with Crippen molar-refractivity contribution in [2.75, 3.05) is 0 Å². The Kier molecular flexibility index (Phi) is 3.82. The molecule has 0 aliphatic heterocycles. The van der Waals surface area contributed by atoms with Crippen molar-refractivity contribution in [3.63, 3.8) is 0 Å². The topological polar surface area (TPSA) is 37.8 Å². The van der Waals surface area contributed by atoms with Gasteiger partial charge in [0, 0.05) is 12.0 Å². The van der Waals surface area contributed by atoms with Gasteiger partial charge in [-0.3, -0.25) is 14.6 Å². The van der Waals surface area contributed by atoms with Crippen LogP contribution in [0.3, 0.4) is 0 Å². The van der Waals surface area contributed by atoms with Crippen LogP contribution < -0.4 is 5.56 Å². The normalized spacial score (nSPS) is 12.1. The number of halogens is 1. The number of aromatic nitrogens is 2. The van der Waals surface area contributed by atoms with Crippen LogP contribution in [-0.4, -0.2) is 9.78 Å². The number of rotatable bonds is 3. The van der Waals surface area contributed by atoms with Gasteiger partial charge in [-0.2, -0.15) is 0 Å². The zero-order valence-corrected chi connectivity index (χ0v) is 11.4. The summed E-state index contributed by atoms with van der Waals surface area (Å²) in [5.74, 6) is 0. The van der Waals surface area contributed by atoms with Crippen LogP contribution in [0.2, 0.25) is 0 Å². The van der Waals surface area contributed by atoms with E-state index in [4.69, 9.17) is 0 Å². The Balaban J connectivity index is 3.08. The van der Waals surface area contributed by atoms with Gasteiger partial charge in [0.15, 0.2) is 0 Å². The summed E-state index contributed by atoms with van der Waals surface area (Å²) in [6.45, 7) is 9.16. The van der Waals surface area contributed by atoms with Crippen molar-refractivity contribution in [1.29, 1.82) is 0 Å². The van der Waals surface area contributed by atoms with E-state index in [0.29, 0.717) is 4.47 Å². The van der Waals surface area contributed by atoms with E-state index in [2.05, 4.69) is 48.7 Å². The number of aromatic amines is 1. The third-order valence-corrected chi connectivity index (χ3v) is 3.12. The number of hydrogen-bond donors (Lipinski definition) is 1. The minimum atomic E-state index is -0.0323. The van der Waals surface area contributed by atoms with E-state index < -0.39 is 0 Å². The molecule has 3 nitrogen and oxygen atoms in total. The van der Waals surface area contributed by atoms with Gasteiger partial charge < -0.3 is 0 Å². The van der Waals surface area contributed by atoms with Gasteiger partial charge in [-0.15, -0.1) is 0 Å². The van der Waals surface area contributed by atoms with Gasteiger partial charge in [-0.1, -0.05) is 34.1 Å². The molecular formula is C11H19BrN2O. The Labute approximate surface area is 99.0 Å². The molecule has 0 bridgehead atoms. The fraction of sp³-hybridized carbons (Fsp3) is 0.727. The Morgan fingerprint density at radius 3 is 2.40 bits per heavy atom. The van der Waals surface area contributed by atoms with Crippen molar-refractivity contribution in [1.82, 2.24) is 9.78 Å². The molecular weight excluding hydrogens is 256 g/mol. The van der Waals surface area contributed by atoms with Crippen LogP contribution in [0.25, 0.3) is 0 Å². The summed E-state index contributed by atoms with van der Waals surface area (Å²) in [7, 11) is 0. The Morgan fingerprint density at radius 1 is 1.40 bits per heavy atom. The molecule has 1 rings (SSSR count). The summed E-state index contributed by atoms with van der Waals surface area (Å²) in [4.78, 5) is 11.8. The van der Waals surface area contributed by atoms with Gasteiger partial charge in [-0.25, -0.2) is 0 Å². The second-order valence-corrected chi connectivity index (χ2v) is 5.65. The summed E-state index contributed by atoms with van der Waals surface area (Å²) in [6, 6.07) is 0. The Hall–Kier alpha value is -0.510. The molecule has 0 fully saturated rings. The van der Waals surface area contributed by atoms with Crippen molar-refractivity contribution in [2.24, 2.45) is 0 Å². The van der Waals surface area contributed by atoms with Gasteiger partial charge in [0.05, 0.1) is 5.69 Å². The van der Waals surface area contributed by atoms with Crippen molar-refractivity contribution in [3.8, 4) is 0 Å². The van der Waals surface area contributed by atoms with Crippen molar-refractivity contribution >= 4 is 15.9 Å². The molecule has 0 aliphatic rings. The highest BCUT2D eigenvalue weighted by Gasteiger charge is 2.22. The first-order valence-electron chi connectivity index (χ1n) is 5.36. The minimum absolute atomic E-state index is 0.0323. The lowest BCUT2D eigenvalue weighted by Gasteiger charge is -2.16. The predicted molar refractivity (Wildman–Crippen MR) is 66.4 cm³/mol. The molecule has 0 radical (unpaired) electrons. The van der Waals surface area contributed by atoms with E-state index in [-0.39, 0.29) is 11.0 Å². The predicted octanol–water partition coefficient (Wildman–Crippen LogP) is 3.04. The van der Waals surface area contributed by atoms with Crippen molar-refractivity contribution in [2.45, 2.75) is 52.5 Å². The van der Waals surface area contributed by atoms with Crippen LogP contribution >= 0.6 is 15.9 Å². The van der Waals surface area contributed by atoms with Crippen LogP contribution in [0.5, 0.6) is 0 Å². The molecule has 0 aromatic carbocycles. The average Bonchev–Trinajstić information content (AvgIpc) is 2.41. The quantitative estimate of drug-likeness (QED) is 0.904. The van der Waals surface area contributed by atoms with E-state index in [1.54, 1.807) is 4.68 Å². The second kappa shape index (κ2) is 4.56. The fourth-order valence-corrected chi connectivity index (χ4v) is 2.33. The molecule has 15 heavy (non-hydrogen) atoms. The van der Waals surface area contributed by atoms with E-state index in [9.17, 15) is 4.79 Å². The van der Waals surface area contributed by atoms with Gasteiger partial charge >= 0.3 is 0 Å². The number of H-pyrrole nitrogens is 1. The molecule has 1 heterocycles. The average molecular weight is 275 g/mol. The minimum Gasteiger partial charge on any atom is -0.298 e. The molecule has 4 heteroatoms. The highest BCUT2D eigenvalue weighted by atomic mass is 79.9. The Morgan fingerprint density at radius 2 is 2.00 bits per heavy atom. The standard InChI is InChI=1S/C11H19BrN2O/c1-5-6-7-14-10(15)8(12)9(13-14)11(2,3)4/h13H,5-7H2,1-4H3. The summed E-state index contributed by atoms with van der Waals surface area (Å²) in [5, 5.41) is 3.18. The van der Waals surface area contributed by atoms with E-state index in [1.165, 1.54) is 0 Å². The molecule has 1 N–H and O–H groups in total. The largest absolute Gasteiger partial charge is 0.298 e. The molecule has 0 saturated carbocycles. The van der Waals surface area contributed by atoms with Crippen LogP contribution in [0, 0.1) is 0 Å². The number of unbranched alkanes of at least 4 members (excludes halogenated alkanes) is 1. The van der Waals surface area contributed by atoms with Crippen molar-refractivity contribution < 1.29 is 0 Å². The molecule has 86 valence electrons. The maximum Gasteiger partial charge on any atom is 0.281 e. The lowest BCUT2D eigenvalue weighted by Crippen LogP contribution is -2.16. The van der Waals surface area contributed by atoms with Crippen LogP contribution in [0.1, 0.15) is 46.2 Å². The maximum absolute atomic E-state index is 11.8. The van der Waals surface area contributed by atoms with Gasteiger partial charge in [0.1, 0.15) is 4.47 Å². The third kappa shape index (κ3) is 2.74. The molecule has 1 aromatic heterocycles. The fourth-order valence-electron chi connectivity index (χ4n) is 1.43. The van der Waals surface area contributed by atoms with Gasteiger partial charge in [0.2, 0.25) is 0 Å². The highest BCUT2D eigenvalue weighted by Crippen LogP contribution is 2.25. The molecule has 0 unspecified atom stereocenters. The van der Waals surface area contributed by atoms with E-state index in [0.717, 1.165) is 25.1 Å². The first-order chi connectivity index (χ1) is 6.88. The molecule has 0 saturated heterocycles. The number of nitrogens with zero attached hydrogens (tertiary/aromatic N) is 1. The van der Waals surface area contributed by atoms with Gasteiger partial charge in [0.25, 0.3) is 5.56 Å². The number of hydrogen-bond acceptors (Lipinski definition) is 1. The second-order valence-electron chi connectivity index (χ2n) is 4.86. The van der Waals surface area contributed by atoms with Crippen LogP contribution in [-0.2, 0) is 12.0 Å². The summed E-state index contributed by atoms with van der Waals surface area (Å²) in [5.41, 5.74) is 0.993. The first-order valence-corrected chi connectivity index (χ1v) is 6.16. The monoisotopic (exact) mass is 274 g/mol. The zero-order chi connectivity index (χ0) is 11.6. The Bertz CT molecular complexity index is 384. The SMILES string of the molecule is CCCCn1[nH]c(C(C)(C)C)c(Br)c1=O. The molecule has 0 atom stereocenters. The molecule has 0 aliphatic carbocycles.